The summed E-state index contributed by atoms with van der Waals surface area (Å²) in [5.41, 5.74) is 1.42. The molecule has 0 amide bonds. The van der Waals surface area contributed by atoms with Gasteiger partial charge >= 0.3 is 0 Å². The molecule has 0 N–H and O–H groups in total. The Hall–Kier alpha value is -1.55. The van der Waals surface area contributed by atoms with Crippen molar-refractivity contribution in [2.24, 2.45) is 5.41 Å². The van der Waals surface area contributed by atoms with Crippen LogP contribution < -0.4 is 0 Å². The molecule has 0 rings (SSSR count). The molecule has 74 valence electrons. The van der Waals surface area contributed by atoms with E-state index in [-0.39, 0.29) is 5.41 Å². The fraction of sp³-hybridized carbons (Fsp3) is 0.308. The van der Waals surface area contributed by atoms with Gasteiger partial charge < -0.3 is 0 Å². The Labute approximate surface area is 86.8 Å². The number of nitriles is 1. The Balaban J connectivity index is 4.81. The van der Waals surface area contributed by atoms with Crippen molar-refractivity contribution in [2.75, 3.05) is 0 Å². The van der Waals surface area contributed by atoms with Crippen molar-refractivity contribution in [2.45, 2.75) is 20.8 Å². The lowest BCUT2D eigenvalue weighted by molar-refractivity contribution is 0.519. The smallest absolute Gasteiger partial charge is 0.0952 e. The van der Waals surface area contributed by atoms with Crippen molar-refractivity contribution in [1.29, 1.82) is 5.26 Å². The van der Waals surface area contributed by atoms with Crippen LogP contribution >= 0.6 is 0 Å². The molecule has 0 aromatic carbocycles. The minimum absolute atomic E-state index is 0.125. The summed E-state index contributed by atoms with van der Waals surface area (Å²) in [7, 11) is 0. The van der Waals surface area contributed by atoms with E-state index in [1.54, 1.807) is 18.2 Å². The SMILES string of the molecule is C=C/C=C\C(=C)/C=C(\C#N)C(C)(C)C. The van der Waals surface area contributed by atoms with E-state index in [9.17, 15) is 0 Å². The zero-order valence-electron chi connectivity index (χ0n) is 9.17. The molecule has 0 spiro atoms. The molecule has 0 aliphatic carbocycles. The van der Waals surface area contributed by atoms with Gasteiger partial charge in [0.25, 0.3) is 0 Å². The van der Waals surface area contributed by atoms with Crippen molar-refractivity contribution < 1.29 is 0 Å². The first kappa shape index (κ1) is 12.4. The Morgan fingerprint density at radius 1 is 1.36 bits per heavy atom. The summed E-state index contributed by atoms with van der Waals surface area (Å²) in [6.07, 6.45) is 7.12. The predicted octanol–water partition coefficient (Wildman–Crippen LogP) is 3.78. The predicted molar refractivity (Wildman–Crippen MR) is 61.6 cm³/mol. The van der Waals surface area contributed by atoms with Crippen molar-refractivity contribution in [3.8, 4) is 6.07 Å². The van der Waals surface area contributed by atoms with Crippen LogP contribution in [0.1, 0.15) is 20.8 Å². The van der Waals surface area contributed by atoms with Gasteiger partial charge in [-0.05, 0) is 17.1 Å². The van der Waals surface area contributed by atoms with Gasteiger partial charge in [0.15, 0.2) is 0 Å². The molecule has 0 aliphatic heterocycles. The highest BCUT2D eigenvalue weighted by atomic mass is 14.3. The molecule has 0 atom stereocenters. The monoisotopic (exact) mass is 187 g/mol. The lowest BCUT2D eigenvalue weighted by atomic mass is 9.86. The van der Waals surface area contributed by atoms with Crippen LogP contribution in [-0.2, 0) is 0 Å². The standard InChI is InChI=1S/C13H17N/c1-6-7-8-11(2)9-12(10-14)13(3,4)5/h6-9H,1-2H2,3-5H3/b8-7-,12-9+. The topological polar surface area (TPSA) is 23.8 Å². The van der Waals surface area contributed by atoms with E-state index < -0.39 is 0 Å². The van der Waals surface area contributed by atoms with Crippen LogP contribution in [0.25, 0.3) is 0 Å². The highest BCUT2D eigenvalue weighted by Gasteiger charge is 2.16. The molecule has 0 unspecified atom stereocenters. The molecule has 1 nitrogen and oxygen atoms in total. The Morgan fingerprint density at radius 3 is 2.29 bits per heavy atom. The lowest BCUT2D eigenvalue weighted by Crippen LogP contribution is -2.07. The zero-order valence-corrected chi connectivity index (χ0v) is 9.17. The molecule has 1 heteroatoms. The van der Waals surface area contributed by atoms with Gasteiger partial charge in [0.05, 0.1) is 6.07 Å². The molecule has 0 bridgehead atoms. The van der Waals surface area contributed by atoms with Crippen molar-refractivity contribution in [3.63, 3.8) is 0 Å². The first-order chi connectivity index (χ1) is 6.41. The second kappa shape index (κ2) is 5.24. The van der Waals surface area contributed by atoms with Crippen LogP contribution in [0, 0.1) is 16.7 Å². The van der Waals surface area contributed by atoms with Gasteiger partial charge in [-0.25, -0.2) is 0 Å². The molecule has 0 aromatic heterocycles. The normalized spacial score (nSPS) is 12.6. The molecule has 0 heterocycles. The van der Waals surface area contributed by atoms with E-state index in [1.807, 2.05) is 26.8 Å². The molecule has 14 heavy (non-hydrogen) atoms. The Bertz CT molecular complexity index is 316. The van der Waals surface area contributed by atoms with Crippen molar-refractivity contribution in [1.82, 2.24) is 0 Å². The summed E-state index contributed by atoms with van der Waals surface area (Å²) in [6.45, 7) is 13.4. The fourth-order valence-corrected chi connectivity index (χ4v) is 0.842. The second-order valence-corrected chi connectivity index (χ2v) is 4.09. The van der Waals surface area contributed by atoms with Gasteiger partial charge in [0.1, 0.15) is 0 Å². The van der Waals surface area contributed by atoms with Gasteiger partial charge in [-0.2, -0.15) is 5.26 Å². The third-order valence-corrected chi connectivity index (χ3v) is 1.70. The van der Waals surface area contributed by atoms with Crippen LogP contribution in [0.5, 0.6) is 0 Å². The van der Waals surface area contributed by atoms with Crippen molar-refractivity contribution >= 4 is 0 Å². The minimum atomic E-state index is -0.125. The van der Waals surface area contributed by atoms with Crippen LogP contribution in [-0.4, -0.2) is 0 Å². The van der Waals surface area contributed by atoms with E-state index in [4.69, 9.17) is 5.26 Å². The summed E-state index contributed by atoms with van der Waals surface area (Å²) in [5, 5.41) is 8.93. The van der Waals surface area contributed by atoms with Gasteiger partial charge in [-0.15, -0.1) is 0 Å². The van der Waals surface area contributed by atoms with E-state index in [1.165, 1.54) is 0 Å². The van der Waals surface area contributed by atoms with Crippen LogP contribution in [0.15, 0.2) is 48.6 Å². The van der Waals surface area contributed by atoms with Gasteiger partial charge in [0, 0.05) is 5.57 Å². The first-order valence-electron chi connectivity index (χ1n) is 4.52. The number of nitrogens with zero attached hydrogens (tertiary/aromatic N) is 1. The van der Waals surface area contributed by atoms with E-state index in [0.29, 0.717) is 0 Å². The van der Waals surface area contributed by atoms with Crippen LogP contribution in [0.2, 0.25) is 0 Å². The third kappa shape index (κ3) is 4.47. The highest BCUT2D eigenvalue weighted by molar-refractivity contribution is 5.39. The van der Waals surface area contributed by atoms with Gasteiger partial charge in [-0.1, -0.05) is 52.2 Å². The summed E-state index contributed by atoms with van der Waals surface area (Å²) in [4.78, 5) is 0. The van der Waals surface area contributed by atoms with E-state index >= 15 is 0 Å². The number of hydrogen-bond acceptors (Lipinski definition) is 1. The number of allylic oxidation sites excluding steroid dienone is 6. The summed E-state index contributed by atoms with van der Waals surface area (Å²) >= 11 is 0. The van der Waals surface area contributed by atoms with Crippen molar-refractivity contribution in [3.05, 3.63) is 48.6 Å². The summed E-state index contributed by atoms with van der Waals surface area (Å²) in [5.74, 6) is 0. The maximum absolute atomic E-state index is 8.93. The average molecular weight is 187 g/mol. The van der Waals surface area contributed by atoms with Crippen LogP contribution in [0.4, 0.5) is 0 Å². The minimum Gasteiger partial charge on any atom is -0.193 e. The highest BCUT2D eigenvalue weighted by Crippen LogP contribution is 2.25. The molecule has 0 aliphatic rings. The fourth-order valence-electron chi connectivity index (χ4n) is 0.842. The maximum Gasteiger partial charge on any atom is 0.0952 e. The quantitative estimate of drug-likeness (QED) is 0.487. The zero-order chi connectivity index (χ0) is 11.2. The molecule has 0 saturated carbocycles. The molecule has 0 radical (unpaired) electrons. The van der Waals surface area contributed by atoms with Crippen LogP contribution in [0.3, 0.4) is 0 Å². The summed E-state index contributed by atoms with van der Waals surface area (Å²) < 4.78 is 0. The Kier molecular flexibility index (Phi) is 4.66. The number of rotatable bonds is 3. The largest absolute Gasteiger partial charge is 0.193 e. The van der Waals surface area contributed by atoms with E-state index in [2.05, 4.69) is 19.2 Å². The summed E-state index contributed by atoms with van der Waals surface area (Å²) in [6, 6.07) is 2.19. The number of hydrogen-bond donors (Lipinski definition) is 0. The lowest BCUT2D eigenvalue weighted by Gasteiger charge is -2.16. The van der Waals surface area contributed by atoms with Gasteiger partial charge in [-0.3, -0.25) is 0 Å². The molecular weight excluding hydrogens is 170 g/mol. The molecule has 0 saturated heterocycles. The van der Waals surface area contributed by atoms with E-state index in [0.717, 1.165) is 11.1 Å². The average Bonchev–Trinajstić information content (AvgIpc) is 2.08. The maximum atomic E-state index is 8.93. The molecule has 0 aromatic rings. The molecule has 0 fully saturated rings. The first-order valence-corrected chi connectivity index (χ1v) is 4.52. The molecular formula is C13H17N. The Morgan fingerprint density at radius 2 is 1.93 bits per heavy atom. The third-order valence-electron chi connectivity index (χ3n) is 1.70. The second-order valence-electron chi connectivity index (χ2n) is 4.09. The van der Waals surface area contributed by atoms with Gasteiger partial charge in [0.2, 0.25) is 0 Å².